The highest BCUT2D eigenvalue weighted by atomic mass is 31.1. The van der Waals surface area contributed by atoms with E-state index in [2.05, 4.69) is 26.3 Å². The summed E-state index contributed by atoms with van der Waals surface area (Å²) in [5, 5.41) is 0. The minimum atomic E-state index is -3.13. The van der Waals surface area contributed by atoms with Crippen molar-refractivity contribution < 1.29 is 14.4 Å². The summed E-state index contributed by atoms with van der Waals surface area (Å²) in [6, 6.07) is 0. The van der Waals surface area contributed by atoms with Gasteiger partial charge in [-0.1, -0.05) is 0 Å². The summed E-state index contributed by atoms with van der Waals surface area (Å²) in [5.41, 5.74) is 0. The van der Waals surface area contributed by atoms with E-state index in [4.69, 9.17) is 14.4 Å². The van der Waals surface area contributed by atoms with Crippen LogP contribution < -0.4 is 0 Å². The number of rotatable bonds is 0. The first kappa shape index (κ1) is 15.6. The first-order valence-corrected chi connectivity index (χ1v) is 2.95. The van der Waals surface area contributed by atoms with Gasteiger partial charge in [0.2, 0.25) is 0 Å². The second kappa shape index (κ2) is 30.4. The van der Waals surface area contributed by atoms with E-state index in [1.807, 2.05) is 0 Å². The molecule has 0 spiro atoms. The van der Waals surface area contributed by atoms with Crippen molar-refractivity contribution in [2.45, 2.75) is 0 Å². The Morgan fingerprint density at radius 1 is 1.00 bits per heavy atom. The highest BCUT2D eigenvalue weighted by molar-refractivity contribution is 7.30. The van der Waals surface area contributed by atoms with Gasteiger partial charge in [0, 0.05) is 0 Å². The predicted octanol–water partition coefficient (Wildman–Crippen LogP) is 0.965. The summed E-state index contributed by atoms with van der Waals surface area (Å²) in [5.74, 6) is 0. The van der Waals surface area contributed by atoms with Crippen molar-refractivity contribution in [2.75, 3.05) is 0 Å². The van der Waals surface area contributed by atoms with Gasteiger partial charge in [-0.3, -0.25) is 4.57 Å². The van der Waals surface area contributed by atoms with E-state index in [0.29, 0.717) is 0 Å². The quantitative estimate of drug-likeness (QED) is 0.387. The standard InChI is InChI=1S/2C2H4.H3O3P/c2*1-2;1-4(2)3/h2*1-2H2;4H,(H2,1,2,3). The third-order valence-electron chi connectivity index (χ3n) is 0. The fourth-order valence-corrected chi connectivity index (χ4v) is 0. The fourth-order valence-electron chi connectivity index (χ4n) is 0. The van der Waals surface area contributed by atoms with E-state index in [0.717, 1.165) is 0 Å². The summed E-state index contributed by atoms with van der Waals surface area (Å²) in [6.07, 6.45) is 0. The molecule has 0 saturated carbocycles. The van der Waals surface area contributed by atoms with E-state index in [-0.39, 0.29) is 0 Å². The van der Waals surface area contributed by atoms with Crippen LogP contribution >= 0.6 is 8.25 Å². The van der Waals surface area contributed by atoms with Crippen molar-refractivity contribution in [3.8, 4) is 0 Å². The zero-order chi connectivity index (χ0) is 7.58. The lowest BCUT2D eigenvalue weighted by Crippen LogP contribution is -1.38. The molecule has 0 radical (unpaired) electrons. The van der Waals surface area contributed by atoms with Gasteiger partial charge < -0.3 is 9.79 Å². The minimum absolute atomic E-state index is 3.00. The smallest absolute Gasteiger partial charge is 0.314 e. The maximum atomic E-state index is 8.74. The van der Waals surface area contributed by atoms with Crippen LogP contribution in [0.15, 0.2) is 26.3 Å². The van der Waals surface area contributed by atoms with Crippen molar-refractivity contribution in [1.82, 2.24) is 0 Å². The van der Waals surface area contributed by atoms with Gasteiger partial charge in [-0.25, -0.2) is 0 Å². The van der Waals surface area contributed by atoms with Gasteiger partial charge in [0.25, 0.3) is 0 Å². The molecule has 0 atom stereocenters. The minimum Gasteiger partial charge on any atom is -0.326 e. The summed E-state index contributed by atoms with van der Waals surface area (Å²) in [4.78, 5) is 14.3. The van der Waals surface area contributed by atoms with Crippen LogP contribution in [0.4, 0.5) is 0 Å². The van der Waals surface area contributed by atoms with Crippen LogP contribution in [0, 0.1) is 0 Å². The number of hydrogen-bond donors (Lipinski definition) is 2. The van der Waals surface area contributed by atoms with Gasteiger partial charge in [-0.2, -0.15) is 0 Å². The fraction of sp³-hybridized carbons (Fsp3) is 0. The molecule has 0 bridgehead atoms. The Kier molecular flexibility index (Phi) is 59.4. The van der Waals surface area contributed by atoms with Gasteiger partial charge in [-0.05, 0) is 0 Å². The molecule has 0 aliphatic rings. The maximum absolute atomic E-state index is 8.74. The molecule has 50 valence electrons. The molecular weight excluding hydrogens is 127 g/mol. The van der Waals surface area contributed by atoms with Crippen LogP contribution in [0.5, 0.6) is 0 Å². The summed E-state index contributed by atoms with van der Waals surface area (Å²) in [6.45, 7) is 12.0. The zero-order valence-electron chi connectivity index (χ0n) is 4.63. The van der Waals surface area contributed by atoms with Crippen molar-refractivity contribution in [1.29, 1.82) is 0 Å². The molecule has 0 fully saturated rings. The van der Waals surface area contributed by atoms with E-state index < -0.39 is 8.25 Å². The van der Waals surface area contributed by atoms with Crippen LogP contribution in [-0.4, -0.2) is 9.79 Å². The Morgan fingerprint density at radius 2 is 1.00 bits per heavy atom. The molecule has 4 heteroatoms. The van der Waals surface area contributed by atoms with Gasteiger partial charge >= 0.3 is 8.25 Å². The molecule has 2 N–H and O–H groups in total. The van der Waals surface area contributed by atoms with Crippen molar-refractivity contribution in [2.24, 2.45) is 0 Å². The first-order chi connectivity index (χ1) is 3.73. The molecule has 8 heavy (non-hydrogen) atoms. The van der Waals surface area contributed by atoms with E-state index >= 15 is 0 Å². The van der Waals surface area contributed by atoms with E-state index in [1.165, 1.54) is 0 Å². The molecular formula is C4H11O3P. The molecule has 0 rings (SSSR count). The van der Waals surface area contributed by atoms with Gasteiger partial charge in [0.1, 0.15) is 0 Å². The lowest BCUT2D eigenvalue weighted by Gasteiger charge is -1.61. The normalized spacial score (nSPS) is 5.38. The van der Waals surface area contributed by atoms with Crippen LogP contribution in [0.1, 0.15) is 0 Å². The molecule has 0 aliphatic heterocycles. The van der Waals surface area contributed by atoms with Crippen LogP contribution in [-0.2, 0) is 4.57 Å². The van der Waals surface area contributed by atoms with Gasteiger partial charge in [-0.15, -0.1) is 26.3 Å². The monoisotopic (exact) mass is 138 g/mol. The van der Waals surface area contributed by atoms with E-state index in [9.17, 15) is 0 Å². The predicted molar refractivity (Wildman–Crippen MR) is 35.9 cm³/mol. The highest BCUT2D eigenvalue weighted by Gasteiger charge is 1.61. The second-order valence-corrected chi connectivity index (χ2v) is 0.848. The molecule has 3 nitrogen and oxygen atoms in total. The molecule has 0 aromatic carbocycles. The van der Waals surface area contributed by atoms with Crippen LogP contribution in [0.3, 0.4) is 0 Å². The van der Waals surface area contributed by atoms with Gasteiger partial charge in [0.05, 0.1) is 0 Å². The summed E-state index contributed by atoms with van der Waals surface area (Å²) < 4.78 is 8.74. The lowest BCUT2D eigenvalue weighted by molar-refractivity contribution is 0.405. The molecule has 0 aromatic rings. The van der Waals surface area contributed by atoms with Crippen molar-refractivity contribution in [3.63, 3.8) is 0 Å². The van der Waals surface area contributed by atoms with Crippen molar-refractivity contribution in [3.05, 3.63) is 26.3 Å². The topological polar surface area (TPSA) is 57.5 Å². The first-order valence-electron chi connectivity index (χ1n) is 1.65. The molecule has 0 aliphatic carbocycles. The average molecular weight is 138 g/mol. The van der Waals surface area contributed by atoms with Crippen LogP contribution in [0.25, 0.3) is 0 Å². The molecule has 0 unspecified atom stereocenters. The molecule has 0 saturated heterocycles. The Hall–Kier alpha value is -0.370. The highest BCUT2D eigenvalue weighted by Crippen LogP contribution is 1.98. The van der Waals surface area contributed by atoms with E-state index in [1.54, 1.807) is 0 Å². The van der Waals surface area contributed by atoms with Gasteiger partial charge in [0.15, 0.2) is 0 Å². The summed E-state index contributed by atoms with van der Waals surface area (Å²) >= 11 is 0. The third kappa shape index (κ3) is 882. The lowest BCUT2D eigenvalue weighted by atomic mass is 11.3. The van der Waals surface area contributed by atoms with Crippen LogP contribution in [0.2, 0.25) is 0 Å². The Morgan fingerprint density at radius 3 is 1.00 bits per heavy atom. The average Bonchev–Trinajstić information content (AvgIpc) is 1.75. The Balaban J connectivity index is -0.0000000542. The molecule has 0 aromatic heterocycles. The van der Waals surface area contributed by atoms with Crippen molar-refractivity contribution >= 4 is 8.25 Å². The second-order valence-electron chi connectivity index (χ2n) is 0.283. The maximum Gasteiger partial charge on any atom is 0.314 e. The Labute approximate surface area is 49.9 Å². The Bertz CT molecular complexity index is 49.2. The number of hydrogen-bond acceptors (Lipinski definition) is 1. The third-order valence-corrected chi connectivity index (χ3v) is 0. The largest absolute Gasteiger partial charge is 0.326 e. The SMILES string of the molecule is C=C.C=C.O=[PH](O)O. The molecule has 0 amide bonds. The zero-order valence-corrected chi connectivity index (χ0v) is 5.63. The molecule has 0 heterocycles. The summed E-state index contributed by atoms with van der Waals surface area (Å²) in [7, 11) is -3.13.